The van der Waals surface area contributed by atoms with Gasteiger partial charge in [0, 0.05) is 19.1 Å². The summed E-state index contributed by atoms with van der Waals surface area (Å²) in [5.41, 5.74) is 5.78. The Morgan fingerprint density at radius 3 is 2.60 bits per heavy atom. The van der Waals surface area contributed by atoms with Gasteiger partial charge in [-0.15, -0.1) is 0 Å². The van der Waals surface area contributed by atoms with E-state index in [2.05, 4.69) is 0 Å². The second kappa shape index (κ2) is 4.39. The van der Waals surface area contributed by atoms with E-state index >= 15 is 0 Å². The first-order valence-corrected chi connectivity index (χ1v) is 7.42. The molecule has 1 aliphatic heterocycles. The Morgan fingerprint density at radius 2 is 2.00 bits per heavy atom. The molecule has 88 valence electrons. The van der Waals surface area contributed by atoms with Gasteiger partial charge in [-0.05, 0) is 25.2 Å². The van der Waals surface area contributed by atoms with E-state index in [0.29, 0.717) is 24.8 Å². The monoisotopic (exact) mass is 232 g/mol. The van der Waals surface area contributed by atoms with E-state index < -0.39 is 10.0 Å². The van der Waals surface area contributed by atoms with Crippen LogP contribution < -0.4 is 5.73 Å². The first-order valence-electron chi connectivity index (χ1n) is 5.81. The quantitative estimate of drug-likeness (QED) is 0.769. The van der Waals surface area contributed by atoms with Crippen LogP contribution in [0.3, 0.4) is 0 Å². The van der Waals surface area contributed by atoms with Crippen molar-refractivity contribution in [2.75, 3.05) is 18.8 Å². The highest BCUT2D eigenvalue weighted by molar-refractivity contribution is 7.89. The third-order valence-electron chi connectivity index (χ3n) is 3.29. The number of piperidine rings is 1. The van der Waals surface area contributed by atoms with E-state index in [4.69, 9.17) is 5.73 Å². The van der Waals surface area contributed by atoms with Crippen molar-refractivity contribution in [3.05, 3.63) is 0 Å². The van der Waals surface area contributed by atoms with Crippen molar-refractivity contribution < 1.29 is 8.42 Å². The van der Waals surface area contributed by atoms with Crippen LogP contribution in [0.2, 0.25) is 0 Å². The number of hydrogen-bond donors (Lipinski definition) is 1. The molecular formula is C10H20N2O2S. The van der Waals surface area contributed by atoms with Crippen molar-refractivity contribution in [2.24, 2.45) is 11.7 Å². The van der Waals surface area contributed by atoms with Crippen LogP contribution in [-0.2, 0) is 10.0 Å². The van der Waals surface area contributed by atoms with Crippen LogP contribution in [-0.4, -0.2) is 37.6 Å². The molecule has 1 heterocycles. The second-order valence-electron chi connectivity index (χ2n) is 4.81. The fourth-order valence-electron chi connectivity index (χ4n) is 2.08. The summed E-state index contributed by atoms with van der Waals surface area (Å²) in [5, 5.41) is 0. The second-order valence-corrected chi connectivity index (χ2v) is 6.90. The molecule has 1 saturated carbocycles. The summed E-state index contributed by atoms with van der Waals surface area (Å²) in [4.78, 5) is 0. The summed E-state index contributed by atoms with van der Waals surface area (Å²) in [6.07, 6.45) is 5.14. The van der Waals surface area contributed by atoms with Crippen molar-refractivity contribution in [1.29, 1.82) is 0 Å². The minimum Gasteiger partial charge on any atom is -0.327 e. The minimum atomic E-state index is -3.02. The van der Waals surface area contributed by atoms with Gasteiger partial charge in [0.2, 0.25) is 10.0 Å². The summed E-state index contributed by atoms with van der Waals surface area (Å²) in [7, 11) is -3.02. The third-order valence-corrected chi connectivity index (χ3v) is 5.16. The standard InChI is InChI=1S/C10H20N2O2S/c11-10-2-1-6-12(8-10)15(13,14)7-5-9-3-4-9/h9-10H,1-8,11H2/t10-/m1/s1. The number of nitrogens with zero attached hydrogens (tertiary/aromatic N) is 1. The molecule has 0 spiro atoms. The lowest BCUT2D eigenvalue weighted by Gasteiger charge is -2.29. The zero-order valence-electron chi connectivity index (χ0n) is 9.06. The Kier molecular flexibility index (Phi) is 3.33. The van der Waals surface area contributed by atoms with Gasteiger partial charge >= 0.3 is 0 Å². The largest absolute Gasteiger partial charge is 0.327 e. The van der Waals surface area contributed by atoms with Gasteiger partial charge in [-0.3, -0.25) is 0 Å². The average molecular weight is 232 g/mol. The maximum Gasteiger partial charge on any atom is 0.214 e. The van der Waals surface area contributed by atoms with Crippen LogP contribution in [0, 0.1) is 5.92 Å². The van der Waals surface area contributed by atoms with Gasteiger partial charge in [0.05, 0.1) is 5.75 Å². The Morgan fingerprint density at radius 1 is 1.27 bits per heavy atom. The fourth-order valence-corrected chi connectivity index (χ4v) is 3.79. The molecule has 0 unspecified atom stereocenters. The Balaban J connectivity index is 1.88. The van der Waals surface area contributed by atoms with Gasteiger partial charge in [-0.1, -0.05) is 12.8 Å². The zero-order chi connectivity index (χ0) is 10.9. The first-order chi connectivity index (χ1) is 7.08. The smallest absolute Gasteiger partial charge is 0.214 e. The van der Waals surface area contributed by atoms with Crippen LogP contribution in [0.25, 0.3) is 0 Å². The third kappa shape index (κ3) is 3.16. The van der Waals surface area contributed by atoms with Crippen LogP contribution in [0.5, 0.6) is 0 Å². The maximum absolute atomic E-state index is 11.9. The molecule has 2 N–H and O–H groups in total. The van der Waals surface area contributed by atoms with Crippen molar-refractivity contribution in [1.82, 2.24) is 4.31 Å². The van der Waals surface area contributed by atoms with E-state index in [-0.39, 0.29) is 6.04 Å². The van der Waals surface area contributed by atoms with E-state index in [9.17, 15) is 8.42 Å². The van der Waals surface area contributed by atoms with Gasteiger partial charge < -0.3 is 5.73 Å². The molecule has 0 aromatic heterocycles. The van der Waals surface area contributed by atoms with Crippen molar-refractivity contribution in [3.63, 3.8) is 0 Å². The normalized spacial score (nSPS) is 29.3. The molecule has 5 heteroatoms. The number of rotatable bonds is 4. The van der Waals surface area contributed by atoms with E-state index in [1.165, 1.54) is 12.8 Å². The van der Waals surface area contributed by atoms with Gasteiger partial charge in [-0.25, -0.2) is 12.7 Å². The van der Waals surface area contributed by atoms with Crippen molar-refractivity contribution in [3.8, 4) is 0 Å². The first kappa shape index (κ1) is 11.4. The van der Waals surface area contributed by atoms with Crippen molar-refractivity contribution >= 4 is 10.0 Å². The molecule has 1 saturated heterocycles. The molecule has 0 aromatic rings. The molecule has 4 nitrogen and oxygen atoms in total. The van der Waals surface area contributed by atoms with E-state index in [1.807, 2.05) is 0 Å². The highest BCUT2D eigenvalue weighted by atomic mass is 32.2. The maximum atomic E-state index is 11.9. The predicted molar refractivity (Wildman–Crippen MR) is 59.9 cm³/mol. The van der Waals surface area contributed by atoms with E-state index in [0.717, 1.165) is 19.3 Å². The average Bonchev–Trinajstić information content (AvgIpc) is 2.98. The summed E-state index contributed by atoms with van der Waals surface area (Å²) in [5.74, 6) is 1.00. The highest BCUT2D eigenvalue weighted by Crippen LogP contribution is 2.33. The molecule has 1 aliphatic carbocycles. The molecule has 2 rings (SSSR count). The van der Waals surface area contributed by atoms with Crippen molar-refractivity contribution in [2.45, 2.75) is 38.1 Å². The lowest BCUT2D eigenvalue weighted by molar-refractivity contribution is 0.315. The molecule has 2 fully saturated rings. The molecule has 15 heavy (non-hydrogen) atoms. The summed E-state index contributed by atoms with van der Waals surface area (Å²) >= 11 is 0. The predicted octanol–water partition coefficient (Wildman–Crippen LogP) is 0.539. The number of sulfonamides is 1. The Hall–Kier alpha value is -0.130. The Labute approximate surface area is 91.9 Å². The van der Waals surface area contributed by atoms with Crippen LogP contribution in [0.1, 0.15) is 32.1 Å². The lowest BCUT2D eigenvalue weighted by atomic mass is 10.1. The molecule has 2 aliphatic rings. The van der Waals surface area contributed by atoms with Crippen LogP contribution >= 0.6 is 0 Å². The molecule has 0 aromatic carbocycles. The fraction of sp³-hybridized carbons (Fsp3) is 1.00. The molecule has 0 amide bonds. The minimum absolute atomic E-state index is 0.0365. The zero-order valence-corrected chi connectivity index (χ0v) is 9.88. The van der Waals surface area contributed by atoms with E-state index in [1.54, 1.807) is 4.31 Å². The number of nitrogens with two attached hydrogens (primary N) is 1. The summed E-state index contributed by atoms with van der Waals surface area (Å²) < 4.78 is 25.5. The number of hydrogen-bond acceptors (Lipinski definition) is 3. The summed E-state index contributed by atoms with van der Waals surface area (Å²) in [6, 6.07) is 0.0365. The van der Waals surface area contributed by atoms with Gasteiger partial charge in [0.25, 0.3) is 0 Å². The Bertz CT molecular complexity index is 311. The van der Waals surface area contributed by atoms with Gasteiger partial charge in [-0.2, -0.15) is 0 Å². The van der Waals surface area contributed by atoms with Crippen LogP contribution in [0.15, 0.2) is 0 Å². The highest BCUT2D eigenvalue weighted by Gasteiger charge is 2.29. The topological polar surface area (TPSA) is 63.4 Å². The molecule has 0 radical (unpaired) electrons. The van der Waals surface area contributed by atoms with Gasteiger partial charge in [0.1, 0.15) is 0 Å². The molecular weight excluding hydrogens is 212 g/mol. The summed E-state index contributed by atoms with van der Waals surface area (Å²) in [6.45, 7) is 1.19. The van der Waals surface area contributed by atoms with Gasteiger partial charge in [0.15, 0.2) is 0 Å². The molecule has 0 bridgehead atoms. The SMILES string of the molecule is N[C@@H]1CCCN(S(=O)(=O)CCC2CC2)C1. The lowest BCUT2D eigenvalue weighted by Crippen LogP contribution is -2.46. The van der Waals surface area contributed by atoms with Crippen LogP contribution in [0.4, 0.5) is 0 Å². The molecule has 1 atom stereocenters.